The van der Waals surface area contributed by atoms with Gasteiger partial charge in [0.05, 0.1) is 12.3 Å². The number of anilines is 1. The molecule has 3 rings (SSSR count). The van der Waals surface area contributed by atoms with Gasteiger partial charge in [0.15, 0.2) is 5.13 Å². The summed E-state index contributed by atoms with van der Waals surface area (Å²) in [6, 6.07) is 0.762. The van der Waals surface area contributed by atoms with Crippen LogP contribution in [0.2, 0.25) is 0 Å². The monoisotopic (exact) mass is 309 g/mol. The van der Waals surface area contributed by atoms with Crippen molar-refractivity contribution in [2.24, 2.45) is 0 Å². The molecule has 2 aliphatic rings. The molecule has 21 heavy (non-hydrogen) atoms. The molecule has 1 aromatic heterocycles. The SMILES string of the molecule is CCCN(c1nc(C2CC2)c(CNCCOC)s1)C1CC1. The highest BCUT2D eigenvalue weighted by atomic mass is 32.1. The summed E-state index contributed by atoms with van der Waals surface area (Å²) in [4.78, 5) is 9.02. The highest BCUT2D eigenvalue weighted by molar-refractivity contribution is 7.15. The van der Waals surface area contributed by atoms with Crippen LogP contribution in [0.5, 0.6) is 0 Å². The molecule has 2 aliphatic carbocycles. The van der Waals surface area contributed by atoms with Crippen LogP contribution in [0.1, 0.15) is 55.5 Å². The zero-order valence-electron chi connectivity index (χ0n) is 13.2. The molecule has 0 saturated heterocycles. The molecule has 0 aliphatic heterocycles. The van der Waals surface area contributed by atoms with Gasteiger partial charge in [-0.3, -0.25) is 0 Å². The van der Waals surface area contributed by atoms with Crippen LogP contribution in [0.4, 0.5) is 5.13 Å². The van der Waals surface area contributed by atoms with E-state index in [9.17, 15) is 0 Å². The predicted molar refractivity (Wildman–Crippen MR) is 88.3 cm³/mol. The van der Waals surface area contributed by atoms with Crippen LogP contribution < -0.4 is 10.2 Å². The van der Waals surface area contributed by atoms with Gasteiger partial charge in [-0.15, -0.1) is 11.3 Å². The minimum atomic E-state index is 0.733. The van der Waals surface area contributed by atoms with Crippen molar-refractivity contribution in [1.82, 2.24) is 10.3 Å². The van der Waals surface area contributed by atoms with Crippen molar-refractivity contribution in [2.45, 2.75) is 57.5 Å². The number of nitrogens with zero attached hydrogens (tertiary/aromatic N) is 2. The van der Waals surface area contributed by atoms with Gasteiger partial charge in [0, 0.05) is 43.6 Å². The Kier molecular flexibility index (Phi) is 5.14. The molecule has 4 nitrogen and oxygen atoms in total. The highest BCUT2D eigenvalue weighted by Crippen LogP contribution is 2.45. The molecule has 0 aromatic carbocycles. The summed E-state index contributed by atoms with van der Waals surface area (Å²) in [5, 5.41) is 4.75. The maximum atomic E-state index is 5.10. The van der Waals surface area contributed by atoms with E-state index in [1.165, 1.54) is 47.8 Å². The second kappa shape index (κ2) is 7.07. The van der Waals surface area contributed by atoms with Gasteiger partial charge in [-0.2, -0.15) is 0 Å². The van der Waals surface area contributed by atoms with E-state index >= 15 is 0 Å². The molecule has 0 radical (unpaired) electrons. The van der Waals surface area contributed by atoms with E-state index in [2.05, 4.69) is 17.1 Å². The summed E-state index contributed by atoms with van der Waals surface area (Å²) in [5.74, 6) is 0.733. The first-order valence-corrected chi connectivity index (χ1v) is 9.11. The Balaban J connectivity index is 1.69. The molecular formula is C16H27N3OS. The fraction of sp³-hybridized carbons (Fsp3) is 0.812. The number of aromatic nitrogens is 1. The van der Waals surface area contributed by atoms with Gasteiger partial charge < -0.3 is 15.0 Å². The summed E-state index contributed by atoms with van der Waals surface area (Å²) in [7, 11) is 1.75. The summed E-state index contributed by atoms with van der Waals surface area (Å²) >= 11 is 1.91. The summed E-state index contributed by atoms with van der Waals surface area (Å²) in [6.45, 7) is 6.04. The molecular weight excluding hydrogens is 282 g/mol. The lowest BCUT2D eigenvalue weighted by molar-refractivity contribution is 0.199. The molecule has 0 amide bonds. The van der Waals surface area contributed by atoms with Crippen LogP contribution in [0, 0.1) is 0 Å². The van der Waals surface area contributed by atoms with Gasteiger partial charge in [0.2, 0.25) is 0 Å². The molecule has 0 atom stereocenters. The first-order valence-electron chi connectivity index (χ1n) is 8.29. The van der Waals surface area contributed by atoms with Crippen LogP contribution in [0.3, 0.4) is 0 Å². The number of hydrogen-bond acceptors (Lipinski definition) is 5. The number of hydrogen-bond donors (Lipinski definition) is 1. The Hall–Kier alpha value is -0.650. The van der Waals surface area contributed by atoms with Crippen molar-refractivity contribution in [3.63, 3.8) is 0 Å². The maximum absolute atomic E-state index is 5.10. The Morgan fingerprint density at radius 2 is 2.14 bits per heavy atom. The molecule has 1 heterocycles. The van der Waals surface area contributed by atoms with Crippen LogP contribution in [-0.2, 0) is 11.3 Å². The minimum absolute atomic E-state index is 0.733. The van der Waals surface area contributed by atoms with Crippen LogP contribution in [0.25, 0.3) is 0 Å². The lowest BCUT2D eigenvalue weighted by Crippen LogP contribution is -2.26. The Bertz CT molecular complexity index is 454. The molecule has 1 N–H and O–H groups in total. The van der Waals surface area contributed by atoms with E-state index in [4.69, 9.17) is 9.72 Å². The number of nitrogens with one attached hydrogen (secondary N) is 1. The fourth-order valence-electron chi connectivity index (χ4n) is 2.71. The maximum Gasteiger partial charge on any atom is 0.186 e. The molecule has 0 bridgehead atoms. The van der Waals surface area contributed by atoms with Crippen molar-refractivity contribution in [3.05, 3.63) is 10.6 Å². The molecule has 5 heteroatoms. The number of methoxy groups -OCH3 is 1. The number of thiazole rings is 1. The molecule has 118 valence electrons. The Morgan fingerprint density at radius 3 is 2.76 bits per heavy atom. The van der Waals surface area contributed by atoms with E-state index in [0.29, 0.717) is 0 Å². The van der Waals surface area contributed by atoms with E-state index in [-0.39, 0.29) is 0 Å². The molecule has 0 spiro atoms. The third-order valence-corrected chi connectivity index (χ3v) is 5.25. The molecule has 0 unspecified atom stereocenters. The van der Waals surface area contributed by atoms with Crippen LogP contribution in [0.15, 0.2) is 0 Å². The van der Waals surface area contributed by atoms with Crippen molar-refractivity contribution >= 4 is 16.5 Å². The zero-order valence-corrected chi connectivity index (χ0v) is 14.0. The average Bonchev–Trinajstić information content (AvgIpc) is 3.39. The predicted octanol–water partition coefficient (Wildman–Crippen LogP) is 3.14. The first-order chi connectivity index (χ1) is 10.3. The number of ether oxygens (including phenoxy) is 1. The zero-order chi connectivity index (χ0) is 14.7. The second-order valence-corrected chi connectivity index (χ2v) is 7.24. The summed E-state index contributed by atoms with van der Waals surface area (Å²) in [5.41, 5.74) is 1.38. The highest BCUT2D eigenvalue weighted by Gasteiger charge is 2.34. The Morgan fingerprint density at radius 1 is 1.33 bits per heavy atom. The third-order valence-electron chi connectivity index (χ3n) is 4.15. The van der Waals surface area contributed by atoms with Crippen LogP contribution >= 0.6 is 11.3 Å². The van der Waals surface area contributed by atoms with Crippen LogP contribution in [-0.4, -0.2) is 37.8 Å². The van der Waals surface area contributed by atoms with Gasteiger partial charge >= 0.3 is 0 Å². The summed E-state index contributed by atoms with van der Waals surface area (Å²) in [6.07, 6.45) is 6.55. The standard InChI is InChI=1S/C16H27N3OS/c1-3-9-19(13-6-7-13)16-18-15(12-4-5-12)14(21-16)11-17-8-10-20-2/h12-13,17H,3-11H2,1-2H3. The van der Waals surface area contributed by atoms with E-state index in [1.807, 2.05) is 11.3 Å². The topological polar surface area (TPSA) is 37.4 Å². The molecule has 2 fully saturated rings. The van der Waals surface area contributed by atoms with Gasteiger partial charge in [-0.25, -0.2) is 4.98 Å². The normalized spacial score (nSPS) is 18.2. The molecule has 1 aromatic rings. The molecule has 2 saturated carbocycles. The lowest BCUT2D eigenvalue weighted by Gasteiger charge is -2.20. The average molecular weight is 309 g/mol. The number of rotatable bonds is 10. The third kappa shape index (κ3) is 3.96. The van der Waals surface area contributed by atoms with Gasteiger partial charge in [0.1, 0.15) is 0 Å². The fourth-order valence-corrected chi connectivity index (χ4v) is 3.93. The van der Waals surface area contributed by atoms with Crippen molar-refractivity contribution in [3.8, 4) is 0 Å². The first kappa shape index (κ1) is 15.3. The second-order valence-electron chi connectivity index (χ2n) is 6.17. The van der Waals surface area contributed by atoms with E-state index < -0.39 is 0 Å². The van der Waals surface area contributed by atoms with Gasteiger partial charge in [0.25, 0.3) is 0 Å². The van der Waals surface area contributed by atoms with Crippen molar-refractivity contribution < 1.29 is 4.74 Å². The van der Waals surface area contributed by atoms with E-state index in [0.717, 1.165) is 38.2 Å². The van der Waals surface area contributed by atoms with Gasteiger partial charge in [-0.1, -0.05) is 6.92 Å². The minimum Gasteiger partial charge on any atom is -0.383 e. The summed E-state index contributed by atoms with van der Waals surface area (Å²) < 4.78 is 5.10. The lowest BCUT2D eigenvalue weighted by atomic mass is 10.2. The Labute approximate surface area is 131 Å². The quantitative estimate of drug-likeness (QED) is 0.674. The van der Waals surface area contributed by atoms with Gasteiger partial charge in [-0.05, 0) is 32.1 Å². The largest absolute Gasteiger partial charge is 0.383 e. The van der Waals surface area contributed by atoms with Crippen molar-refractivity contribution in [2.75, 3.05) is 31.7 Å². The van der Waals surface area contributed by atoms with E-state index in [1.54, 1.807) is 7.11 Å². The smallest absolute Gasteiger partial charge is 0.186 e. The van der Waals surface area contributed by atoms with Crippen molar-refractivity contribution in [1.29, 1.82) is 0 Å².